The van der Waals surface area contributed by atoms with E-state index in [-0.39, 0.29) is 5.84 Å². The minimum Gasteiger partial charge on any atom is -0.409 e. The van der Waals surface area contributed by atoms with Crippen molar-refractivity contribution >= 4 is 5.84 Å². The van der Waals surface area contributed by atoms with Crippen molar-refractivity contribution in [2.75, 3.05) is 6.54 Å². The second kappa shape index (κ2) is 6.90. The van der Waals surface area contributed by atoms with Gasteiger partial charge in [0, 0.05) is 18.5 Å². The molecule has 1 heterocycles. The zero-order chi connectivity index (χ0) is 12.7. The van der Waals surface area contributed by atoms with Gasteiger partial charge in [0.05, 0.1) is 5.69 Å². The molecule has 0 fully saturated rings. The molecule has 96 valence electrons. The first-order valence-electron chi connectivity index (χ1n) is 5.74. The van der Waals surface area contributed by atoms with E-state index in [9.17, 15) is 0 Å². The molecular weight excluding hydrogens is 220 g/mol. The van der Waals surface area contributed by atoms with E-state index >= 15 is 0 Å². The van der Waals surface area contributed by atoms with Crippen LogP contribution in [-0.4, -0.2) is 22.7 Å². The molecule has 1 aromatic heterocycles. The summed E-state index contributed by atoms with van der Waals surface area (Å²) in [6.45, 7) is 5.51. The molecule has 0 saturated carbocycles. The standard InChI is InChI=1S/C11H20N4O2/c1-8-10(9(2)17-15-8)7-13-6-4-3-5-11(12)14-16/h13,16H,3-7H2,1-2H3,(H2,12,14). The lowest BCUT2D eigenvalue weighted by Crippen LogP contribution is -2.17. The van der Waals surface area contributed by atoms with Crippen LogP contribution in [0.3, 0.4) is 0 Å². The maximum absolute atomic E-state index is 8.35. The van der Waals surface area contributed by atoms with Crippen molar-refractivity contribution in [2.24, 2.45) is 10.9 Å². The van der Waals surface area contributed by atoms with Crippen LogP contribution >= 0.6 is 0 Å². The molecule has 0 radical (unpaired) electrons. The Hall–Kier alpha value is -1.56. The van der Waals surface area contributed by atoms with Crippen molar-refractivity contribution in [2.45, 2.75) is 39.7 Å². The average Bonchev–Trinajstić information content (AvgIpc) is 2.64. The van der Waals surface area contributed by atoms with E-state index in [0.717, 1.165) is 42.9 Å². The maximum atomic E-state index is 8.35. The van der Waals surface area contributed by atoms with E-state index in [4.69, 9.17) is 15.5 Å². The molecule has 17 heavy (non-hydrogen) atoms. The van der Waals surface area contributed by atoms with Gasteiger partial charge < -0.3 is 20.8 Å². The number of unbranched alkanes of at least 4 members (excludes halogenated alkanes) is 1. The highest BCUT2D eigenvalue weighted by Crippen LogP contribution is 2.11. The average molecular weight is 240 g/mol. The van der Waals surface area contributed by atoms with Gasteiger partial charge in [-0.25, -0.2) is 0 Å². The van der Waals surface area contributed by atoms with Gasteiger partial charge in [0.2, 0.25) is 0 Å². The van der Waals surface area contributed by atoms with Crippen LogP contribution in [-0.2, 0) is 6.54 Å². The van der Waals surface area contributed by atoms with Gasteiger partial charge in [0.25, 0.3) is 0 Å². The largest absolute Gasteiger partial charge is 0.409 e. The van der Waals surface area contributed by atoms with Gasteiger partial charge in [-0.3, -0.25) is 0 Å². The zero-order valence-electron chi connectivity index (χ0n) is 10.4. The predicted molar refractivity (Wildman–Crippen MR) is 64.9 cm³/mol. The number of hydrogen-bond donors (Lipinski definition) is 3. The van der Waals surface area contributed by atoms with E-state index in [0.29, 0.717) is 6.42 Å². The molecule has 1 aromatic rings. The van der Waals surface area contributed by atoms with Crippen molar-refractivity contribution in [1.82, 2.24) is 10.5 Å². The molecular formula is C11H20N4O2. The summed E-state index contributed by atoms with van der Waals surface area (Å²) in [7, 11) is 0. The molecule has 0 saturated heterocycles. The maximum Gasteiger partial charge on any atom is 0.139 e. The summed E-state index contributed by atoms with van der Waals surface area (Å²) in [5.41, 5.74) is 7.43. The van der Waals surface area contributed by atoms with Crippen LogP contribution in [0.25, 0.3) is 0 Å². The fourth-order valence-electron chi connectivity index (χ4n) is 1.57. The monoisotopic (exact) mass is 240 g/mol. The summed E-state index contributed by atoms with van der Waals surface area (Å²) in [4.78, 5) is 0. The Morgan fingerprint density at radius 3 is 2.82 bits per heavy atom. The van der Waals surface area contributed by atoms with E-state index in [2.05, 4.69) is 15.6 Å². The molecule has 0 aliphatic carbocycles. The number of nitrogens with zero attached hydrogens (tertiary/aromatic N) is 2. The first-order valence-corrected chi connectivity index (χ1v) is 5.74. The van der Waals surface area contributed by atoms with Gasteiger partial charge in [0.15, 0.2) is 0 Å². The van der Waals surface area contributed by atoms with Gasteiger partial charge in [-0.15, -0.1) is 0 Å². The molecule has 0 aromatic carbocycles. The highest BCUT2D eigenvalue weighted by molar-refractivity contribution is 5.79. The molecule has 0 amide bonds. The lowest BCUT2D eigenvalue weighted by atomic mass is 10.2. The molecule has 0 unspecified atom stereocenters. The van der Waals surface area contributed by atoms with Crippen molar-refractivity contribution < 1.29 is 9.73 Å². The Morgan fingerprint density at radius 2 is 2.24 bits per heavy atom. The fraction of sp³-hybridized carbons (Fsp3) is 0.636. The van der Waals surface area contributed by atoms with Crippen molar-refractivity contribution in [3.05, 3.63) is 17.0 Å². The highest BCUT2D eigenvalue weighted by atomic mass is 16.5. The fourth-order valence-corrected chi connectivity index (χ4v) is 1.57. The van der Waals surface area contributed by atoms with Crippen LogP contribution in [0.5, 0.6) is 0 Å². The molecule has 1 rings (SSSR count). The summed E-state index contributed by atoms with van der Waals surface area (Å²) >= 11 is 0. The van der Waals surface area contributed by atoms with E-state index in [1.54, 1.807) is 0 Å². The molecule has 0 atom stereocenters. The zero-order valence-corrected chi connectivity index (χ0v) is 10.4. The van der Waals surface area contributed by atoms with Crippen molar-refractivity contribution in [3.8, 4) is 0 Å². The minimum absolute atomic E-state index is 0.288. The summed E-state index contributed by atoms with van der Waals surface area (Å²) in [5, 5.41) is 18.5. The van der Waals surface area contributed by atoms with Gasteiger partial charge in [-0.1, -0.05) is 10.3 Å². The van der Waals surface area contributed by atoms with Crippen LogP contribution < -0.4 is 11.1 Å². The molecule has 4 N–H and O–H groups in total. The third kappa shape index (κ3) is 4.44. The third-order valence-electron chi connectivity index (χ3n) is 2.65. The molecule has 6 nitrogen and oxygen atoms in total. The first-order chi connectivity index (χ1) is 8.15. The van der Waals surface area contributed by atoms with Gasteiger partial charge in [0.1, 0.15) is 11.6 Å². The highest BCUT2D eigenvalue weighted by Gasteiger charge is 2.07. The Labute approximate surface area is 101 Å². The Kier molecular flexibility index (Phi) is 5.48. The summed E-state index contributed by atoms with van der Waals surface area (Å²) in [6.07, 6.45) is 2.52. The molecule has 0 aliphatic rings. The SMILES string of the molecule is Cc1noc(C)c1CNCCCCC(N)=NO. The van der Waals surface area contributed by atoms with Gasteiger partial charge >= 0.3 is 0 Å². The third-order valence-corrected chi connectivity index (χ3v) is 2.65. The molecule has 0 aliphatic heterocycles. The molecule has 6 heteroatoms. The van der Waals surface area contributed by atoms with Crippen LogP contribution in [0.2, 0.25) is 0 Å². The van der Waals surface area contributed by atoms with E-state index in [1.165, 1.54) is 0 Å². The number of rotatable bonds is 7. The van der Waals surface area contributed by atoms with Gasteiger partial charge in [-0.05, 0) is 33.2 Å². The topological polar surface area (TPSA) is 96.7 Å². The second-order valence-corrected chi connectivity index (χ2v) is 4.03. The first kappa shape index (κ1) is 13.5. The summed E-state index contributed by atoms with van der Waals surface area (Å²) < 4.78 is 5.07. The van der Waals surface area contributed by atoms with E-state index < -0.39 is 0 Å². The number of amidine groups is 1. The second-order valence-electron chi connectivity index (χ2n) is 4.03. The van der Waals surface area contributed by atoms with Crippen LogP contribution in [0, 0.1) is 13.8 Å². The van der Waals surface area contributed by atoms with Crippen LogP contribution in [0.1, 0.15) is 36.3 Å². The number of aryl methyl sites for hydroxylation is 2. The van der Waals surface area contributed by atoms with Crippen LogP contribution in [0.15, 0.2) is 9.68 Å². The number of oxime groups is 1. The molecule has 0 bridgehead atoms. The lowest BCUT2D eigenvalue weighted by molar-refractivity contribution is 0.316. The molecule has 0 spiro atoms. The quantitative estimate of drug-likeness (QED) is 0.219. The smallest absolute Gasteiger partial charge is 0.139 e. The Bertz CT molecular complexity index is 354. The number of nitrogens with two attached hydrogens (primary N) is 1. The predicted octanol–water partition coefficient (Wildman–Crippen LogP) is 1.30. The van der Waals surface area contributed by atoms with E-state index in [1.807, 2.05) is 13.8 Å². The summed E-state index contributed by atoms with van der Waals surface area (Å²) in [6, 6.07) is 0. The minimum atomic E-state index is 0.288. The Morgan fingerprint density at radius 1 is 1.47 bits per heavy atom. The van der Waals surface area contributed by atoms with Crippen molar-refractivity contribution in [3.63, 3.8) is 0 Å². The summed E-state index contributed by atoms with van der Waals surface area (Å²) in [5.74, 6) is 1.15. The Balaban J connectivity index is 2.13. The van der Waals surface area contributed by atoms with Gasteiger partial charge in [-0.2, -0.15) is 0 Å². The number of aromatic nitrogens is 1. The number of hydrogen-bond acceptors (Lipinski definition) is 5. The number of nitrogens with one attached hydrogen (secondary N) is 1. The van der Waals surface area contributed by atoms with Crippen molar-refractivity contribution in [1.29, 1.82) is 0 Å². The normalized spacial score (nSPS) is 12.0. The lowest BCUT2D eigenvalue weighted by Gasteiger charge is -2.04. The van der Waals surface area contributed by atoms with Crippen LogP contribution in [0.4, 0.5) is 0 Å².